The number of hydrogen-bond acceptors (Lipinski definition) is 7. The zero-order valence-electron chi connectivity index (χ0n) is 18.8. The molecule has 0 saturated carbocycles. The minimum atomic E-state index is -0.374. The van der Waals surface area contributed by atoms with Crippen molar-refractivity contribution in [3.05, 3.63) is 88.3 Å². The number of aryl methyl sites for hydroxylation is 2. The number of furan rings is 1. The predicted octanol–water partition coefficient (Wildman–Crippen LogP) is 5.82. The molecule has 1 aromatic carbocycles. The molecule has 1 amide bonds. The first-order valence-electron chi connectivity index (χ1n) is 10.3. The Morgan fingerprint density at radius 2 is 1.91 bits per heavy atom. The van der Waals surface area contributed by atoms with Crippen molar-refractivity contribution >= 4 is 28.1 Å². The van der Waals surface area contributed by atoms with E-state index in [-0.39, 0.29) is 17.7 Å². The molecule has 0 fully saturated rings. The van der Waals surface area contributed by atoms with Gasteiger partial charge < -0.3 is 24.5 Å². The molecule has 170 valence electrons. The van der Waals surface area contributed by atoms with Crippen molar-refractivity contribution in [3.8, 4) is 11.5 Å². The number of methoxy groups -OCH3 is 2. The van der Waals surface area contributed by atoms with Crippen LogP contribution >= 0.6 is 11.3 Å². The summed E-state index contributed by atoms with van der Waals surface area (Å²) in [5, 5.41) is 7.24. The molecule has 3 aromatic heterocycles. The average molecular weight is 464 g/mol. The maximum absolute atomic E-state index is 12.7. The summed E-state index contributed by atoms with van der Waals surface area (Å²) in [5.41, 5.74) is 2.82. The normalized spacial score (nSPS) is 11.6. The number of carbonyl (C=O) groups excluding carboxylic acids is 1. The number of thiophene rings is 1. The topological polar surface area (TPSA) is 85.6 Å². The van der Waals surface area contributed by atoms with Crippen LogP contribution in [0.2, 0.25) is 0 Å². The zero-order valence-corrected chi connectivity index (χ0v) is 19.7. The van der Waals surface area contributed by atoms with Crippen molar-refractivity contribution in [1.29, 1.82) is 0 Å². The fourth-order valence-corrected chi connectivity index (χ4v) is 4.52. The van der Waals surface area contributed by atoms with E-state index in [2.05, 4.69) is 21.7 Å². The van der Waals surface area contributed by atoms with Gasteiger partial charge in [0.1, 0.15) is 22.3 Å². The molecule has 0 spiro atoms. The summed E-state index contributed by atoms with van der Waals surface area (Å²) in [4.78, 5) is 18.3. The number of nitrogens with one attached hydrogen (secondary N) is 2. The van der Waals surface area contributed by atoms with Crippen LogP contribution in [0.15, 0.2) is 65.4 Å². The summed E-state index contributed by atoms with van der Waals surface area (Å²) in [7, 11) is 3.26. The van der Waals surface area contributed by atoms with Crippen LogP contribution in [0.25, 0.3) is 0 Å². The summed E-state index contributed by atoms with van der Waals surface area (Å²) < 4.78 is 16.4. The number of pyridine rings is 1. The van der Waals surface area contributed by atoms with Crippen LogP contribution in [-0.4, -0.2) is 25.1 Å². The number of amides is 1. The van der Waals surface area contributed by atoms with E-state index in [1.807, 2.05) is 44.2 Å². The van der Waals surface area contributed by atoms with E-state index in [0.29, 0.717) is 22.3 Å². The first-order chi connectivity index (χ1) is 16.0. The van der Waals surface area contributed by atoms with E-state index in [4.69, 9.17) is 13.9 Å². The van der Waals surface area contributed by atoms with Gasteiger partial charge in [0.15, 0.2) is 5.76 Å². The molecule has 8 heteroatoms. The molecule has 3 heterocycles. The van der Waals surface area contributed by atoms with Gasteiger partial charge in [-0.05, 0) is 67.9 Å². The summed E-state index contributed by atoms with van der Waals surface area (Å²) in [5.74, 6) is 2.03. The molecule has 0 aliphatic heterocycles. The molecule has 33 heavy (non-hydrogen) atoms. The molecule has 0 aliphatic carbocycles. The lowest BCUT2D eigenvalue weighted by Crippen LogP contribution is -2.17. The maximum atomic E-state index is 12.7. The third-order valence-corrected chi connectivity index (χ3v) is 6.10. The highest BCUT2D eigenvalue weighted by Gasteiger charge is 2.26. The molecular formula is C25H25N3O4S. The van der Waals surface area contributed by atoms with E-state index in [1.165, 1.54) is 17.6 Å². The van der Waals surface area contributed by atoms with E-state index < -0.39 is 0 Å². The van der Waals surface area contributed by atoms with Crippen molar-refractivity contribution < 1.29 is 18.7 Å². The average Bonchev–Trinajstić information content (AvgIpc) is 3.47. The smallest absolute Gasteiger partial charge is 0.291 e. The van der Waals surface area contributed by atoms with Crippen LogP contribution in [0.4, 0.5) is 10.8 Å². The summed E-state index contributed by atoms with van der Waals surface area (Å²) in [6, 6.07) is 14.6. The van der Waals surface area contributed by atoms with E-state index in [1.54, 1.807) is 32.5 Å². The van der Waals surface area contributed by atoms with Crippen molar-refractivity contribution in [1.82, 2.24) is 4.98 Å². The zero-order chi connectivity index (χ0) is 23.4. The van der Waals surface area contributed by atoms with Gasteiger partial charge >= 0.3 is 0 Å². The highest BCUT2D eigenvalue weighted by molar-refractivity contribution is 7.16. The van der Waals surface area contributed by atoms with Crippen LogP contribution in [0, 0.1) is 13.8 Å². The summed E-state index contributed by atoms with van der Waals surface area (Å²) in [6.45, 7) is 4.01. The second-order valence-electron chi connectivity index (χ2n) is 7.48. The van der Waals surface area contributed by atoms with E-state index in [9.17, 15) is 4.79 Å². The number of carbonyl (C=O) groups is 1. The van der Waals surface area contributed by atoms with Gasteiger partial charge in [-0.2, -0.15) is 0 Å². The monoisotopic (exact) mass is 463 g/mol. The fraction of sp³-hybridized carbons (Fsp3) is 0.200. The lowest BCUT2D eigenvalue weighted by molar-refractivity contribution is 0.0997. The van der Waals surface area contributed by atoms with E-state index >= 15 is 0 Å². The van der Waals surface area contributed by atoms with Crippen LogP contribution in [0.1, 0.15) is 38.2 Å². The molecule has 2 N–H and O–H groups in total. The number of hydrogen-bond donors (Lipinski definition) is 2. The molecule has 7 nitrogen and oxygen atoms in total. The van der Waals surface area contributed by atoms with Gasteiger partial charge in [-0.1, -0.05) is 0 Å². The standard InChI is InChI=1S/C25H25N3O4S/c1-15-9-10-26-22(12-15)27-23(18-14-17(30-3)7-8-20(18)31-4)19-13-16(2)33-25(19)28-24(29)21-6-5-11-32-21/h5-14,23H,1-4H3,(H,26,27)(H,28,29)/t23-/m0/s1. The molecule has 0 radical (unpaired) electrons. The first kappa shape index (κ1) is 22.4. The number of nitrogens with zero attached hydrogens (tertiary/aromatic N) is 1. The van der Waals surface area contributed by atoms with Crippen molar-refractivity contribution in [3.63, 3.8) is 0 Å². The van der Waals surface area contributed by atoms with Gasteiger partial charge in [-0.25, -0.2) is 4.98 Å². The lowest BCUT2D eigenvalue weighted by Gasteiger charge is -2.23. The molecule has 4 rings (SSSR count). The Hall–Kier alpha value is -3.78. The van der Waals surface area contributed by atoms with Crippen LogP contribution in [0.3, 0.4) is 0 Å². The molecule has 1 atom stereocenters. The van der Waals surface area contributed by atoms with E-state index in [0.717, 1.165) is 21.6 Å². The molecule has 0 unspecified atom stereocenters. The van der Waals surface area contributed by atoms with Gasteiger partial charge in [0.05, 0.1) is 26.5 Å². The SMILES string of the molecule is COc1ccc(OC)c([C@H](Nc2cc(C)ccn2)c2cc(C)sc2NC(=O)c2ccco2)c1. The third-order valence-electron chi connectivity index (χ3n) is 5.12. The largest absolute Gasteiger partial charge is 0.497 e. The quantitative estimate of drug-likeness (QED) is 0.342. The van der Waals surface area contributed by atoms with Crippen LogP contribution in [0.5, 0.6) is 11.5 Å². The van der Waals surface area contributed by atoms with Crippen LogP contribution < -0.4 is 20.1 Å². The van der Waals surface area contributed by atoms with Gasteiger partial charge in [0.25, 0.3) is 5.91 Å². The Kier molecular flexibility index (Phi) is 6.65. The number of anilines is 2. The Balaban J connectivity index is 1.81. The molecule has 0 saturated heterocycles. The number of benzene rings is 1. The van der Waals surface area contributed by atoms with Gasteiger partial charge in [-0.3, -0.25) is 4.79 Å². The summed E-state index contributed by atoms with van der Waals surface area (Å²) >= 11 is 1.49. The Labute approximate surface area is 196 Å². The summed E-state index contributed by atoms with van der Waals surface area (Å²) in [6.07, 6.45) is 3.24. The second-order valence-corrected chi connectivity index (χ2v) is 8.73. The Bertz CT molecular complexity index is 1250. The van der Waals surface area contributed by atoms with Gasteiger partial charge in [-0.15, -0.1) is 11.3 Å². The minimum absolute atomic E-state index is 0.246. The number of aromatic nitrogens is 1. The molecule has 0 bridgehead atoms. The minimum Gasteiger partial charge on any atom is -0.497 e. The first-order valence-corrected chi connectivity index (χ1v) is 11.2. The lowest BCUT2D eigenvalue weighted by atomic mass is 9.98. The van der Waals surface area contributed by atoms with Crippen molar-refractivity contribution in [2.24, 2.45) is 0 Å². The maximum Gasteiger partial charge on any atom is 0.291 e. The Morgan fingerprint density at radius 1 is 1.06 bits per heavy atom. The van der Waals surface area contributed by atoms with Gasteiger partial charge in [0, 0.05) is 22.2 Å². The highest BCUT2D eigenvalue weighted by Crippen LogP contribution is 2.41. The molecule has 4 aromatic rings. The second kappa shape index (κ2) is 9.79. The fourth-order valence-electron chi connectivity index (χ4n) is 3.57. The predicted molar refractivity (Wildman–Crippen MR) is 130 cm³/mol. The molecule has 0 aliphatic rings. The van der Waals surface area contributed by atoms with Gasteiger partial charge in [0.2, 0.25) is 0 Å². The Morgan fingerprint density at radius 3 is 2.61 bits per heavy atom. The van der Waals surface area contributed by atoms with Crippen molar-refractivity contribution in [2.75, 3.05) is 24.9 Å². The van der Waals surface area contributed by atoms with Crippen LogP contribution in [-0.2, 0) is 0 Å². The highest BCUT2D eigenvalue weighted by atomic mass is 32.1. The molecular weight excluding hydrogens is 438 g/mol. The number of rotatable bonds is 8. The van der Waals surface area contributed by atoms with Crippen molar-refractivity contribution in [2.45, 2.75) is 19.9 Å². The number of ether oxygens (including phenoxy) is 2. The third kappa shape index (κ3) is 5.01.